The van der Waals surface area contributed by atoms with Crippen LogP contribution in [-0.2, 0) is 17.3 Å². The first-order valence-corrected chi connectivity index (χ1v) is 13.2. The number of carbonyl (C=O) groups excluding carboxylic acids is 2. The number of piperazine rings is 1. The minimum absolute atomic E-state index is 0.113. The van der Waals surface area contributed by atoms with Gasteiger partial charge in [-0.15, -0.1) is 0 Å². The number of allylic oxidation sites excluding steroid dienone is 1. The van der Waals surface area contributed by atoms with Crippen LogP contribution in [0.25, 0.3) is 17.0 Å². The van der Waals surface area contributed by atoms with Crippen molar-refractivity contribution in [2.75, 3.05) is 33.2 Å². The van der Waals surface area contributed by atoms with Crippen LogP contribution in [0.5, 0.6) is 0 Å². The average molecular weight is 558 g/mol. The fourth-order valence-electron chi connectivity index (χ4n) is 4.54. The number of carbonyl (C=O) groups is 2. The lowest BCUT2D eigenvalue weighted by atomic mass is 9.97. The van der Waals surface area contributed by atoms with Crippen LogP contribution in [0.15, 0.2) is 59.7 Å². The summed E-state index contributed by atoms with van der Waals surface area (Å²) in [5.74, 6) is -3.56. The highest BCUT2D eigenvalue weighted by atomic mass is 35.5. The predicted octanol–water partition coefficient (Wildman–Crippen LogP) is 5.60. The molecule has 2 saturated heterocycles. The number of nitrogens with zero attached hydrogens (tertiary/aromatic N) is 5. The summed E-state index contributed by atoms with van der Waals surface area (Å²) in [6.07, 6.45) is 3.34. The van der Waals surface area contributed by atoms with Crippen molar-refractivity contribution in [3.8, 4) is 0 Å². The Morgan fingerprint density at radius 1 is 1.16 bits per heavy atom. The van der Waals surface area contributed by atoms with E-state index < -0.39 is 5.92 Å². The van der Waals surface area contributed by atoms with E-state index in [1.807, 2.05) is 25.2 Å². The molecule has 0 radical (unpaired) electrons. The largest absolute Gasteiger partial charge is 0.308 e. The molecule has 3 aromatic rings. The highest BCUT2D eigenvalue weighted by molar-refractivity contribution is 8.18. The van der Waals surface area contributed by atoms with Crippen LogP contribution in [0, 0.1) is 0 Å². The Morgan fingerprint density at radius 3 is 2.61 bits per heavy atom. The molecule has 38 heavy (non-hydrogen) atoms. The van der Waals surface area contributed by atoms with Crippen molar-refractivity contribution in [3.05, 3.63) is 81.4 Å². The van der Waals surface area contributed by atoms with Crippen LogP contribution in [0.4, 0.5) is 13.6 Å². The third-order valence-corrected chi connectivity index (χ3v) is 7.86. The van der Waals surface area contributed by atoms with E-state index in [0.29, 0.717) is 23.6 Å². The van der Waals surface area contributed by atoms with Crippen molar-refractivity contribution in [1.82, 2.24) is 24.7 Å². The quantitative estimate of drug-likeness (QED) is 0.290. The second kappa shape index (κ2) is 10.3. The molecule has 198 valence electrons. The molecular formula is C27H26ClF2N5O2S. The van der Waals surface area contributed by atoms with Gasteiger partial charge in [0.2, 0.25) is 0 Å². The molecule has 1 aromatic heterocycles. The molecule has 0 unspecified atom stereocenters. The first-order chi connectivity index (χ1) is 18.0. The van der Waals surface area contributed by atoms with Crippen molar-refractivity contribution in [2.24, 2.45) is 0 Å². The highest BCUT2D eigenvalue weighted by Crippen LogP contribution is 2.38. The third kappa shape index (κ3) is 5.01. The van der Waals surface area contributed by atoms with E-state index in [2.05, 4.69) is 16.6 Å². The number of aromatic nitrogens is 2. The zero-order valence-electron chi connectivity index (χ0n) is 21.0. The summed E-state index contributed by atoms with van der Waals surface area (Å²) in [7, 11) is 2.01. The third-order valence-electron chi connectivity index (χ3n) is 6.77. The Kier molecular flexibility index (Phi) is 7.17. The van der Waals surface area contributed by atoms with Gasteiger partial charge in [0.15, 0.2) is 0 Å². The maximum Gasteiger partial charge on any atom is 0.308 e. The van der Waals surface area contributed by atoms with Crippen LogP contribution in [0.3, 0.4) is 0 Å². The van der Waals surface area contributed by atoms with E-state index in [-0.39, 0.29) is 33.9 Å². The Hall–Kier alpha value is -3.05. The number of hydrogen-bond acceptors (Lipinski definition) is 6. The fraction of sp³-hybridized carbons (Fsp3) is 0.296. The lowest BCUT2D eigenvalue weighted by Gasteiger charge is -2.36. The molecule has 2 aliphatic rings. The number of amides is 2. The van der Waals surface area contributed by atoms with Gasteiger partial charge in [-0.3, -0.25) is 14.3 Å². The molecule has 2 aromatic carbocycles. The van der Waals surface area contributed by atoms with Crippen molar-refractivity contribution in [1.29, 1.82) is 0 Å². The molecule has 2 fully saturated rings. The number of likely N-dealkylation sites (N-methyl/N-ethyl adjacent to an activating group) is 1. The van der Waals surface area contributed by atoms with Gasteiger partial charge in [-0.1, -0.05) is 30.3 Å². The van der Waals surface area contributed by atoms with E-state index >= 15 is 0 Å². The van der Waals surface area contributed by atoms with Gasteiger partial charge < -0.3 is 4.90 Å². The molecule has 0 N–H and O–H groups in total. The molecule has 5 rings (SSSR count). The summed E-state index contributed by atoms with van der Waals surface area (Å²) < 4.78 is 31.4. The fourth-order valence-corrected chi connectivity index (χ4v) is 5.56. The lowest BCUT2D eigenvalue weighted by Crippen LogP contribution is -2.54. The minimum Gasteiger partial charge on any atom is -0.304 e. The molecule has 0 spiro atoms. The Labute approximate surface area is 228 Å². The molecule has 0 saturated carbocycles. The van der Waals surface area contributed by atoms with E-state index in [4.69, 9.17) is 11.6 Å². The number of halogens is 3. The summed E-state index contributed by atoms with van der Waals surface area (Å²) in [5, 5.41) is 8.15. The number of hydrogen-bond donors (Lipinski definition) is 0. The van der Waals surface area contributed by atoms with Crippen molar-refractivity contribution >= 4 is 51.5 Å². The SMILES string of the molecule is C=C(C)C(F)(F)c1cc(Cl)ccc1Cn1ncc2cc(C=C3SC(=O)N(N4CCN(C)CC4)C3=O)ccc21. The first-order valence-electron chi connectivity index (χ1n) is 12.0. The maximum atomic E-state index is 14.9. The Morgan fingerprint density at radius 2 is 1.89 bits per heavy atom. The molecule has 2 aliphatic heterocycles. The van der Waals surface area contributed by atoms with Crippen molar-refractivity contribution in [2.45, 2.75) is 19.4 Å². The van der Waals surface area contributed by atoms with E-state index in [1.165, 1.54) is 18.0 Å². The molecule has 0 aliphatic carbocycles. The van der Waals surface area contributed by atoms with Crippen LogP contribution in [0.1, 0.15) is 23.6 Å². The van der Waals surface area contributed by atoms with Crippen LogP contribution >= 0.6 is 23.4 Å². The Balaban J connectivity index is 1.39. The number of alkyl halides is 2. The van der Waals surface area contributed by atoms with Crippen LogP contribution in [-0.4, -0.2) is 69.1 Å². The van der Waals surface area contributed by atoms with E-state index in [0.717, 1.165) is 41.3 Å². The molecule has 2 amide bonds. The molecular weight excluding hydrogens is 532 g/mol. The first kappa shape index (κ1) is 26.6. The number of hydrazine groups is 1. The number of imide groups is 1. The van der Waals surface area contributed by atoms with Crippen molar-refractivity contribution in [3.63, 3.8) is 0 Å². The van der Waals surface area contributed by atoms with E-state index in [1.54, 1.807) is 34.1 Å². The summed E-state index contributed by atoms with van der Waals surface area (Å²) in [6, 6.07) is 9.92. The second-order valence-electron chi connectivity index (χ2n) is 9.53. The number of rotatable bonds is 6. The number of fused-ring (bicyclic) bond motifs is 1. The van der Waals surface area contributed by atoms with Gasteiger partial charge in [0.05, 0.1) is 23.2 Å². The monoisotopic (exact) mass is 557 g/mol. The van der Waals surface area contributed by atoms with Gasteiger partial charge in [-0.25, -0.2) is 5.01 Å². The topological polar surface area (TPSA) is 61.7 Å². The minimum atomic E-state index is -3.23. The molecule has 11 heteroatoms. The summed E-state index contributed by atoms with van der Waals surface area (Å²) in [4.78, 5) is 28.1. The van der Waals surface area contributed by atoms with Gasteiger partial charge in [-0.2, -0.15) is 18.9 Å². The van der Waals surface area contributed by atoms with Crippen molar-refractivity contribution < 1.29 is 18.4 Å². The lowest BCUT2D eigenvalue weighted by molar-refractivity contribution is -0.136. The van der Waals surface area contributed by atoms with Crippen LogP contribution < -0.4 is 0 Å². The number of benzene rings is 2. The van der Waals surface area contributed by atoms with E-state index in [9.17, 15) is 18.4 Å². The normalized spacial score (nSPS) is 18.8. The average Bonchev–Trinajstić information content (AvgIpc) is 3.39. The summed E-state index contributed by atoms with van der Waals surface area (Å²) >= 11 is 6.95. The summed E-state index contributed by atoms with van der Waals surface area (Å²) in [6.45, 7) is 7.63. The van der Waals surface area contributed by atoms with Gasteiger partial charge in [0.1, 0.15) is 0 Å². The molecule has 3 heterocycles. The van der Waals surface area contributed by atoms with Gasteiger partial charge >= 0.3 is 5.24 Å². The maximum absolute atomic E-state index is 14.9. The molecule has 0 bridgehead atoms. The number of thioether (sulfide) groups is 1. The smallest absolute Gasteiger partial charge is 0.304 e. The molecule has 0 atom stereocenters. The zero-order chi connectivity index (χ0) is 27.2. The summed E-state index contributed by atoms with van der Waals surface area (Å²) in [5.41, 5.74) is 1.39. The van der Waals surface area contributed by atoms with Gasteiger partial charge in [-0.05, 0) is 72.8 Å². The highest BCUT2D eigenvalue weighted by Gasteiger charge is 2.40. The zero-order valence-corrected chi connectivity index (χ0v) is 22.5. The molecule has 7 nitrogen and oxygen atoms in total. The standard InChI is InChI=1S/C27H26ClF2N5O2S/c1-17(2)27(29,30)22-14-21(28)6-5-19(22)16-34-23-7-4-18(12-20(23)15-31-34)13-24-25(36)35(26(37)38-24)33-10-8-32(3)9-11-33/h4-7,12-15H,1,8-11,16H2,2-3H3. The van der Waals surface area contributed by atoms with Gasteiger partial charge in [0.25, 0.3) is 11.8 Å². The Bertz CT molecular complexity index is 1480. The second-order valence-corrected chi connectivity index (χ2v) is 11.0. The predicted molar refractivity (Wildman–Crippen MR) is 146 cm³/mol. The van der Waals surface area contributed by atoms with Crippen LogP contribution in [0.2, 0.25) is 5.02 Å². The van der Waals surface area contributed by atoms with Gasteiger partial charge in [0, 0.05) is 42.2 Å².